The van der Waals surface area contributed by atoms with E-state index in [2.05, 4.69) is 17.3 Å². The van der Waals surface area contributed by atoms with Crippen molar-refractivity contribution in [3.63, 3.8) is 0 Å². The average molecular weight is 277 g/mol. The van der Waals surface area contributed by atoms with Crippen LogP contribution in [0.4, 0.5) is 10.1 Å². The van der Waals surface area contributed by atoms with Crippen molar-refractivity contribution in [2.75, 3.05) is 12.4 Å². The third-order valence-electron chi connectivity index (χ3n) is 4.70. The summed E-state index contributed by atoms with van der Waals surface area (Å²) in [7, 11) is 2.20. The third-order valence-corrected chi connectivity index (χ3v) is 4.70. The number of fused-ring (bicyclic) bond motifs is 2. The molecule has 3 rings (SSSR count). The van der Waals surface area contributed by atoms with Gasteiger partial charge in [-0.3, -0.25) is 4.79 Å². The number of halogens is 1. The normalized spacial score (nSPS) is 29.4. The molecule has 20 heavy (non-hydrogen) atoms. The molecular weight excluding hydrogens is 257 g/mol. The second kappa shape index (κ2) is 5.05. The smallest absolute Gasteiger partial charge is 0.251 e. The van der Waals surface area contributed by atoms with Gasteiger partial charge in [0, 0.05) is 23.8 Å². The Labute approximate surface area is 118 Å². The number of hydrogen-bond acceptors (Lipinski definition) is 3. The highest BCUT2D eigenvalue weighted by Gasteiger charge is 2.38. The molecule has 0 saturated carbocycles. The Hall–Kier alpha value is -1.62. The minimum atomic E-state index is -0.727. The van der Waals surface area contributed by atoms with Gasteiger partial charge in [-0.1, -0.05) is 0 Å². The highest BCUT2D eigenvalue weighted by molar-refractivity contribution is 5.94. The predicted molar refractivity (Wildman–Crippen MR) is 76.1 cm³/mol. The highest BCUT2D eigenvalue weighted by Crippen LogP contribution is 2.35. The summed E-state index contributed by atoms with van der Waals surface area (Å²) in [6.45, 7) is 0. The van der Waals surface area contributed by atoms with Gasteiger partial charge in [0.05, 0.1) is 5.56 Å². The lowest BCUT2D eigenvalue weighted by Crippen LogP contribution is -2.44. The van der Waals surface area contributed by atoms with Crippen LogP contribution in [0.25, 0.3) is 0 Å². The zero-order valence-electron chi connectivity index (χ0n) is 11.6. The van der Waals surface area contributed by atoms with Crippen LogP contribution in [0.3, 0.4) is 0 Å². The Morgan fingerprint density at radius 3 is 2.60 bits per heavy atom. The number of amides is 1. The van der Waals surface area contributed by atoms with Crippen LogP contribution >= 0.6 is 0 Å². The number of primary amides is 1. The predicted octanol–water partition coefficient (Wildman–Crippen LogP) is 1.96. The Morgan fingerprint density at radius 1 is 1.35 bits per heavy atom. The third kappa shape index (κ3) is 2.38. The summed E-state index contributed by atoms with van der Waals surface area (Å²) >= 11 is 0. The molecule has 2 aliphatic rings. The molecule has 2 unspecified atom stereocenters. The standard InChI is InChI=1S/C15H20FN3O/c1-19-11-3-4-12(19)7-10(6-11)18-9-2-5-14(16)13(8-9)15(17)20/h2,5,8,10-12,18H,3-4,6-7H2,1H3,(H2,17,20). The van der Waals surface area contributed by atoms with Crippen molar-refractivity contribution in [3.8, 4) is 0 Å². The molecule has 1 amide bonds. The quantitative estimate of drug-likeness (QED) is 0.888. The monoisotopic (exact) mass is 277 g/mol. The molecule has 2 fully saturated rings. The van der Waals surface area contributed by atoms with E-state index in [0.717, 1.165) is 18.5 Å². The molecular formula is C15H20FN3O. The van der Waals surface area contributed by atoms with Gasteiger partial charge in [-0.05, 0) is 50.9 Å². The van der Waals surface area contributed by atoms with Crippen LogP contribution in [0.2, 0.25) is 0 Å². The number of rotatable bonds is 3. The number of carbonyl (C=O) groups is 1. The SMILES string of the molecule is CN1C2CCC1CC(Nc1ccc(F)c(C(N)=O)c1)C2. The molecule has 0 radical (unpaired) electrons. The van der Waals surface area contributed by atoms with E-state index in [4.69, 9.17) is 5.73 Å². The Kier molecular flexibility index (Phi) is 3.38. The Morgan fingerprint density at radius 2 is 2.00 bits per heavy atom. The second-order valence-electron chi connectivity index (χ2n) is 5.92. The van der Waals surface area contributed by atoms with E-state index in [1.54, 1.807) is 6.07 Å². The van der Waals surface area contributed by atoms with Crippen LogP contribution in [0.1, 0.15) is 36.0 Å². The lowest BCUT2D eigenvalue weighted by atomic mass is 9.97. The fourth-order valence-electron chi connectivity index (χ4n) is 3.57. The van der Waals surface area contributed by atoms with Gasteiger partial charge in [-0.15, -0.1) is 0 Å². The largest absolute Gasteiger partial charge is 0.382 e. The van der Waals surface area contributed by atoms with Gasteiger partial charge in [0.15, 0.2) is 0 Å². The van der Waals surface area contributed by atoms with Crippen LogP contribution < -0.4 is 11.1 Å². The molecule has 2 heterocycles. The van der Waals surface area contributed by atoms with Gasteiger partial charge in [0.2, 0.25) is 0 Å². The molecule has 2 bridgehead atoms. The van der Waals surface area contributed by atoms with E-state index in [1.165, 1.54) is 25.0 Å². The number of nitrogens with one attached hydrogen (secondary N) is 1. The molecule has 0 aromatic heterocycles. The van der Waals surface area contributed by atoms with E-state index in [1.807, 2.05) is 0 Å². The summed E-state index contributed by atoms with van der Waals surface area (Å²) in [4.78, 5) is 13.6. The van der Waals surface area contributed by atoms with Crippen molar-refractivity contribution < 1.29 is 9.18 Å². The molecule has 0 spiro atoms. The van der Waals surface area contributed by atoms with E-state index < -0.39 is 11.7 Å². The van der Waals surface area contributed by atoms with Gasteiger partial charge >= 0.3 is 0 Å². The van der Waals surface area contributed by atoms with E-state index in [9.17, 15) is 9.18 Å². The zero-order chi connectivity index (χ0) is 14.3. The summed E-state index contributed by atoms with van der Waals surface area (Å²) in [6, 6.07) is 6.14. The molecule has 2 atom stereocenters. The second-order valence-corrected chi connectivity index (χ2v) is 5.92. The van der Waals surface area contributed by atoms with E-state index in [-0.39, 0.29) is 5.56 Å². The van der Waals surface area contributed by atoms with Crippen molar-refractivity contribution >= 4 is 11.6 Å². The molecule has 5 heteroatoms. The van der Waals surface area contributed by atoms with Crippen molar-refractivity contribution in [2.24, 2.45) is 5.73 Å². The highest BCUT2D eigenvalue weighted by atomic mass is 19.1. The first-order valence-corrected chi connectivity index (χ1v) is 7.12. The van der Waals surface area contributed by atoms with Gasteiger partial charge in [0.25, 0.3) is 5.91 Å². The van der Waals surface area contributed by atoms with Crippen LogP contribution in [0.15, 0.2) is 18.2 Å². The number of anilines is 1. The van der Waals surface area contributed by atoms with Crippen molar-refractivity contribution in [2.45, 2.75) is 43.8 Å². The first kappa shape index (κ1) is 13.4. The molecule has 1 aromatic carbocycles. The molecule has 2 saturated heterocycles. The van der Waals surface area contributed by atoms with E-state index in [0.29, 0.717) is 18.1 Å². The first-order valence-electron chi connectivity index (χ1n) is 7.12. The number of piperidine rings is 1. The summed E-state index contributed by atoms with van der Waals surface area (Å²) in [5, 5.41) is 3.42. The van der Waals surface area contributed by atoms with Crippen LogP contribution in [0.5, 0.6) is 0 Å². The molecule has 1 aromatic rings. The topological polar surface area (TPSA) is 58.4 Å². The molecule has 2 aliphatic heterocycles. The van der Waals surface area contributed by atoms with Crippen molar-refractivity contribution in [1.29, 1.82) is 0 Å². The number of nitrogens with two attached hydrogens (primary N) is 1. The number of hydrogen-bond donors (Lipinski definition) is 2. The fourth-order valence-corrected chi connectivity index (χ4v) is 3.57. The summed E-state index contributed by atoms with van der Waals surface area (Å²) in [5.74, 6) is -1.29. The summed E-state index contributed by atoms with van der Waals surface area (Å²) in [6.07, 6.45) is 4.71. The minimum absolute atomic E-state index is 0.0501. The lowest BCUT2D eigenvalue weighted by Gasteiger charge is -2.37. The first-order chi connectivity index (χ1) is 9.54. The Bertz CT molecular complexity index is 520. The zero-order valence-corrected chi connectivity index (χ0v) is 11.6. The molecule has 0 aliphatic carbocycles. The lowest BCUT2D eigenvalue weighted by molar-refractivity contribution is 0.0996. The minimum Gasteiger partial charge on any atom is -0.382 e. The van der Waals surface area contributed by atoms with Gasteiger partial charge in [-0.25, -0.2) is 4.39 Å². The van der Waals surface area contributed by atoms with Gasteiger partial charge in [0.1, 0.15) is 5.82 Å². The van der Waals surface area contributed by atoms with Crippen LogP contribution in [-0.2, 0) is 0 Å². The molecule has 3 N–H and O–H groups in total. The van der Waals surface area contributed by atoms with Gasteiger partial charge < -0.3 is 16.0 Å². The summed E-state index contributed by atoms with van der Waals surface area (Å²) < 4.78 is 13.4. The van der Waals surface area contributed by atoms with E-state index >= 15 is 0 Å². The number of carbonyl (C=O) groups excluding carboxylic acids is 1. The van der Waals surface area contributed by atoms with Crippen LogP contribution in [-0.4, -0.2) is 36.0 Å². The number of benzene rings is 1. The maximum absolute atomic E-state index is 13.4. The van der Waals surface area contributed by atoms with Crippen molar-refractivity contribution in [3.05, 3.63) is 29.6 Å². The van der Waals surface area contributed by atoms with Gasteiger partial charge in [-0.2, -0.15) is 0 Å². The maximum Gasteiger partial charge on any atom is 0.251 e. The van der Waals surface area contributed by atoms with Crippen molar-refractivity contribution in [1.82, 2.24) is 4.90 Å². The fraction of sp³-hybridized carbons (Fsp3) is 0.533. The summed E-state index contributed by atoms with van der Waals surface area (Å²) in [5.41, 5.74) is 5.90. The number of nitrogens with zero attached hydrogens (tertiary/aromatic N) is 1. The van der Waals surface area contributed by atoms with Crippen LogP contribution in [0, 0.1) is 5.82 Å². The molecule has 4 nitrogen and oxygen atoms in total. The maximum atomic E-state index is 13.4. The Balaban J connectivity index is 1.73. The molecule has 108 valence electrons. The average Bonchev–Trinajstić information content (AvgIpc) is 2.63.